The Kier molecular flexibility index (Phi) is 5.48. The Morgan fingerprint density at radius 2 is 2.20 bits per heavy atom. The Balaban J connectivity index is 4.19. The van der Waals surface area contributed by atoms with Gasteiger partial charge in [-0.05, 0) is 0 Å². The highest BCUT2D eigenvalue weighted by molar-refractivity contribution is 7.88. The molecule has 0 aromatic heterocycles. The molecular formula is C8H15NO5S. The lowest BCUT2D eigenvalue weighted by molar-refractivity contribution is -0.152. The normalized spacial score (nSPS) is 13.6. The second-order valence-corrected chi connectivity index (χ2v) is 5.07. The lowest BCUT2D eigenvalue weighted by atomic mass is 10.3. The van der Waals surface area contributed by atoms with E-state index in [9.17, 15) is 18.3 Å². The van der Waals surface area contributed by atoms with Crippen molar-refractivity contribution in [3.63, 3.8) is 0 Å². The van der Waals surface area contributed by atoms with Gasteiger partial charge >= 0.3 is 5.97 Å². The van der Waals surface area contributed by atoms with Gasteiger partial charge < -0.3 is 9.84 Å². The summed E-state index contributed by atoms with van der Waals surface area (Å²) in [6.45, 7) is 2.99. The lowest BCUT2D eigenvalue weighted by Crippen LogP contribution is -2.38. The Morgan fingerprint density at radius 1 is 1.67 bits per heavy atom. The van der Waals surface area contributed by atoms with E-state index in [1.54, 1.807) is 0 Å². The van der Waals surface area contributed by atoms with Gasteiger partial charge in [-0.15, -0.1) is 0 Å². The van der Waals surface area contributed by atoms with Crippen molar-refractivity contribution in [1.82, 2.24) is 4.31 Å². The average molecular weight is 237 g/mol. The molecule has 15 heavy (non-hydrogen) atoms. The molecule has 0 fully saturated rings. The summed E-state index contributed by atoms with van der Waals surface area (Å²) >= 11 is 0. The maximum atomic E-state index is 11.0. The van der Waals surface area contributed by atoms with Crippen molar-refractivity contribution in [3.8, 4) is 0 Å². The molecule has 0 saturated carbocycles. The predicted molar refractivity (Wildman–Crippen MR) is 54.6 cm³/mol. The standard InChI is InChI=1S/C8H15NO5S/c1-4-5-14-8(11)7(10)6-9(2)15(3,12)13/h4,7,10H,1,5-6H2,2-3H3/t7-/m0/s1. The fourth-order valence-electron chi connectivity index (χ4n) is 0.691. The Morgan fingerprint density at radius 3 is 2.60 bits per heavy atom. The first-order valence-corrected chi connectivity index (χ1v) is 6.00. The minimum atomic E-state index is -3.41. The van der Waals surface area contributed by atoms with Gasteiger partial charge in [0.2, 0.25) is 10.0 Å². The third kappa shape index (κ3) is 5.50. The molecule has 1 atom stereocenters. The van der Waals surface area contributed by atoms with E-state index in [1.807, 2.05) is 0 Å². The first-order chi connectivity index (χ1) is 6.79. The summed E-state index contributed by atoms with van der Waals surface area (Å²) in [5.41, 5.74) is 0. The summed E-state index contributed by atoms with van der Waals surface area (Å²) in [4.78, 5) is 11.0. The summed E-state index contributed by atoms with van der Waals surface area (Å²) in [7, 11) is -2.14. The number of ether oxygens (including phenoxy) is 1. The molecule has 0 heterocycles. The number of hydrogen-bond acceptors (Lipinski definition) is 5. The van der Waals surface area contributed by atoms with Crippen LogP contribution >= 0.6 is 0 Å². The zero-order chi connectivity index (χ0) is 12.1. The number of aliphatic hydroxyl groups excluding tert-OH is 1. The van der Waals surface area contributed by atoms with Gasteiger partial charge in [0.25, 0.3) is 0 Å². The molecule has 0 saturated heterocycles. The number of sulfonamides is 1. The Labute approximate surface area is 89.2 Å². The number of likely N-dealkylation sites (N-methyl/N-ethyl adjacent to an activating group) is 1. The fraction of sp³-hybridized carbons (Fsp3) is 0.625. The number of rotatable bonds is 6. The van der Waals surface area contributed by atoms with Crippen molar-refractivity contribution >= 4 is 16.0 Å². The minimum Gasteiger partial charge on any atom is -0.460 e. The molecular weight excluding hydrogens is 222 g/mol. The van der Waals surface area contributed by atoms with E-state index in [0.717, 1.165) is 10.6 Å². The van der Waals surface area contributed by atoms with Crippen LogP contribution in [0.4, 0.5) is 0 Å². The van der Waals surface area contributed by atoms with Gasteiger partial charge in [-0.3, -0.25) is 0 Å². The van der Waals surface area contributed by atoms with Crippen LogP contribution in [0.5, 0.6) is 0 Å². The van der Waals surface area contributed by atoms with Gasteiger partial charge in [-0.1, -0.05) is 12.7 Å². The van der Waals surface area contributed by atoms with Gasteiger partial charge in [-0.2, -0.15) is 0 Å². The van der Waals surface area contributed by atoms with Gasteiger partial charge in [0.1, 0.15) is 6.61 Å². The maximum absolute atomic E-state index is 11.0. The van der Waals surface area contributed by atoms with Gasteiger partial charge in [-0.25, -0.2) is 17.5 Å². The summed E-state index contributed by atoms with van der Waals surface area (Å²) in [6, 6.07) is 0. The van der Waals surface area contributed by atoms with Crippen LogP contribution in [0.1, 0.15) is 0 Å². The van der Waals surface area contributed by atoms with Crippen LogP contribution in [-0.4, -0.2) is 56.4 Å². The van der Waals surface area contributed by atoms with E-state index >= 15 is 0 Å². The van der Waals surface area contributed by atoms with E-state index in [4.69, 9.17) is 0 Å². The molecule has 0 radical (unpaired) electrons. The molecule has 0 aromatic carbocycles. The van der Waals surface area contributed by atoms with E-state index in [1.165, 1.54) is 13.1 Å². The summed E-state index contributed by atoms with van der Waals surface area (Å²) < 4.78 is 27.3. The zero-order valence-electron chi connectivity index (χ0n) is 8.71. The second-order valence-electron chi connectivity index (χ2n) is 2.98. The highest BCUT2D eigenvalue weighted by atomic mass is 32.2. The molecule has 0 aromatic rings. The van der Waals surface area contributed by atoms with Crippen molar-refractivity contribution < 1.29 is 23.1 Å². The number of hydrogen-bond donors (Lipinski definition) is 1. The topological polar surface area (TPSA) is 83.9 Å². The molecule has 6 nitrogen and oxygen atoms in total. The molecule has 88 valence electrons. The number of nitrogens with zero attached hydrogens (tertiary/aromatic N) is 1. The number of carbonyl (C=O) groups is 1. The molecule has 0 aliphatic carbocycles. The van der Waals surface area contributed by atoms with Crippen LogP contribution in [0.25, 0.3) is 0 Å². The Bertz CT molecular complexity index is 324. The molecule has 7 heteroatoms. The van der Waals surface area contributed by atoms with Crippen LogP contribution < -0.4 is 0 Å². The van der Waals surface area contributed by atoms with E-state index in [0.29, 0.717) is 0 Å². The largest absolute Gasteiger partial charge is 0.460 e. The van der Waals surface area contributed by atoms with Crippen LogP contribution in [0.3, 0.4) is 0 Å². The SMILES string of the molecule is C=CCOC(=O)[C@@H](O)CN(C)S(C)(=O)=O. The number of aliphatic hydroxyl groups is 1. The van der Waals surface area contributed by atoms with Crippen molar-refractivity contribution in [3.05, 3.63) is 12.7 Å². The van der Waals surface area contributed by atoms with E-state index in [2.05, 4.69) is 11.3 Å². The summed E-state index contributed by atoms with van der Waals surface area (Å²) in [5.74, 6) is -0.870. The van der Waals surface area contributed by atoms with Crippen molar-refractivity contribution in [1.29, 1.82) is 0 Å². The van der Waals surface area contributed by atoms with Crippen LogP contribution in [0.15, 0.2) is 12.7 Å². The Hall–Kier alpha value is -0.920. The summed E-state index contributed by atoms with van der Waals surface area (Å²) in [5, 5.41) is 9.26. The first-order valence-electron chi connectivity index (χ1n) is 4.16. The highest BCUT2D eigenvalue weighted by Gasteiger charge is 2.22. The van der Waals surface area contributed by atoms with Gasteiger partial charge in [0, 0.05) is 7.05 Å². The first kappa shape index (κ1) is 14.1. The fourth-order valence-corrected chi connectivity index (χ4v) is 1.10. The van der Waals surface area contributed by atoms with Crippen molar-refractivity contribution in [2.45, 2.75) is 6.10 Å². The molecule has 0 rings (SSSR count). The molecule has 0 spiro atoms. The molecule has 0 bridgehead atoms. The second kappa shape index (κ2) is 5.84. The van der Waals surface area contributed by atoms with Crippen LogP contribution in [0.2, 0.25) is 0 Å². The predicted octanol–water partition coefficient (Wildman–Crippen LogP) is -1.03. The molecule has 1 N–H and O–H groups in total. The molecule has 0 aliphatic heterocycles. The molecule has 0 aliphatic rings. The van der Waals surface area contributed by atoms with Crippen LogP contribution in [-0.2, 0) is 19.6 Å². The number of esters is 1. The summed E-state index contributed by atoms with van der Waals surface area (Å²) in [6.07, 6.45) is 0.851. The zero-order valence-corrected chi connectivity index (χ0v) is 9.53. The van der Waals surface area contributed by atoms with E-state index < -0.39 is 22.1 Å². The monoisotopic (exact) mass is 237 g/mol. The van der Waals surface area contributed by atoms with Crippen molar-refractivity contribution in [2.24, 2.45) is 0 Å². The van der Waals surface area contributed by atoms with Gasteiger partial charge in [0.15, 0.2) is 6.10 Å². The molecule has 0 unspecified atom stereocenters. The van der Waals surface area contributed by atoms with Gasteiger partial charge in [0.05, 0.1) is 12.8 Å². The van der Waals surface area contributed by atoms with Crippen molar-refractivity contribution in [2.75, 3.05) is 26.5 Å². The van der Waals surface area contributed by atoms with E-state index in [-0.39, 0.29) is 13.2 Å². The smallest absolute Gasteiger partial charge is 0.336 e. The number of carbonyl (C=O) groups excluding carboxylic acids is 1. The quantitative estimate of drug-likeness (QED) is 0.471. The third-order valence-electron chi connectivity index (χ3n) is 1.61. The average Bonchev–Trinajstić information content (AvgIpc) is 2.12. The lowest BCUT2D eigenvalue weighted by Gasteiger charge is -2.17. The highest BCUT2D eigenvalue weighted by Crippen LogP contribution is 1.98. The molecule has 0 amide bonds. The third-order valence-corrected chi connectivity index (χ3v) is 2.89. The maximum Gasteiger partial charge on any atom is 0.336 e. The minimum absolute atomic E-state index is 0.0154. The van der Waals surface area contributed by atoms with Crippen LogP contribution in [0, 0.1) is 0 Å².